The van der Waals surface area contributed by atoms with E-state index in [1.165, 1.54) is 12.8 Å². The molecule has 0 bridgehead atoms. The van der Waals surface area contributed by atoms with Gasteiger partial charge < -0.3 is 10.3 Å². The summed E-state index contributed by atoms with van der Waals surface area (Å²) < 4.78 is 0. The van der Waals surface area contributed by atoms with Crippen LogP contribution >= 0.6 is 0 Å². The topological polar surface area (TPSA) is 67.1 Å². The van der Waals surface area contributed by atoms with E-state index < -0.39 is 0 Å². The van der Waals surface area contributed by atoms with E-state index in [4.69, 9.17) is 5.84 Å². The summed E-state index contributed by atoms with van der Waals surface area (Å²) in [5.41, 5.74) is 3.95. The van der Waals surface area contributed by atoms with E-state index in [0.29, 0.717) is 5.92 Å². The molecule has 0 aromatic carbocycles. The fourth-order valence-corrected chi connectivity index (χ4v) is 2.75. The van der Waals surface area contributed by atoms with E-state index in [0.717, 1.165) is 23.7 Å². The van der Waals surface area contributed by atoms with Crippen molar-refractivity contribution in [3.8, 4) is 0 Å². The Kier molecular flexibility index (Phi) is 3.43. The molecule has 0 saturated carbocycles. The van der Waals surface area contributed by atoms with Gasteiger partial charge in [-0.2, -0.15) is 0 Å². The van der Waals surface area contributed by atoms with Gasteiger partial charge in [-0.25, -0.2) is 15.8 Å². The van der Waals surface area contributed by atoms with Crippen LogP contribution in [0.3, 0.4) is 0 Å². The third-order valence-corrected chi connectivity index (χ3v) is 3.73. The lowest BCUT2D eigenvalue weighted by molar-refractivity contribution is 0.512. The van der Waals surface area contributed by atoms with Crippen molar-refractivity contribution in [1.82, 2.24) is 9.97 Å². The zero-order chi connectivity index (χ0) is 13.3. The number of rotatable bonds is 3. The van der Waals surface area contributed by atoms with Gasteiger partial charge in [-0.05, 0) is 32.6 Å². The molecule has 0 radical (unpaired) electrons. The van der Waals surface area contributed by atoms with E-state index in [1.807, 2.05) is 0 Å². The number of aromatic nitrogens is 2. The van der Waals surface area contributed by atoms with Crippen LogP contribution in [-0.2, 0) is 0 Å². The van der Waals surface area contributed by atoms with E-state index in [-0.39, 0.29) is 5.54 Å². The summed E-state index contributed by atoms with van der Waals surface area (Å²) in [5, 5.41) is 0. The average molecular weight is 249 g/mol. The summed E-state index contributed by atoms with van der Waals surface area (Å²) in [6.07, 6.45) is 3.99. The van der Waals surface area contributed by atoms with Crippen LogP contribution < -0.4 is 16.2 Å². The second-order valence-corrected chi connectivity index (χ2v) is 5.83. The van der Waals surface area contributed by atoms with Gasteiger partial charge >= 0.3 is 0 Å². The van der Waals surface area contributed by atoms with Crippen LogP contribution in [0.2, 0.25) is 0 Å². The Morgan fingerprint density at radius 1 is 1.39 bits per heavy atom. The Labute approximate surface area is 109 Å². The molecule has 1 saturated heterocycles. The predicted octanol–water partition coefficient (Wildman–Crippen LogP) is 2.26. The summed E-state index contributed by atoms with van der Waals surface area (Å²) in [5.74, 6) is 7.66. The quantitative estimate of drug-likeness (QED) is 0.635. The third-order valence-electron chi connectivity index (χ3n) is 3.73. The Balaban J connectivity index is 2.50. The summed E-state index contributed by atoms with van der Waals surface area (Å²) >= 11 is 0. The minimum Gasteiger partial charge on any atom is -0.351 e. The third kappa shape index (κ3) is 2.14. The molecule has 2 rings (SSSR count). The Hall–Kier alpha value is -1.36. The maximum absolute atomic E-state index is 5.56. The molecular weight excluding hydrogens is 226 g/mol. The molecule has 0 aliphatic carbocycles. The molecule has 2 heterocycles. The highest BCUT2D eigenvalue weighted by atomic mass is 15.3. The largest absolute Gasteiger partial charge is 0.351 e. The zero-order valence-corrected chi connectivity index (χ0v) is 11.7. The van der Waals surface area contributed by atoms with Gasteiger partial charge in [-0.15, -0.1) is 0 Å². The van der Waals surface area contributed by atoms with Crippen LogP contribution in [0.5, 0.6) is 0 Å². The molecule has 1 fully saturated rings. The van der Waals surface area contributed by atoms with Crippen LogP contribution in [0.4, 0.5) is 11.6 Å². The molecule has 0 amide bonds. The van der Waals surface area contributed by atoms with Crippen LogP contribution in [0.15, 0.2) is 6.33 Å². The maximum atomic E-state index is 5.56. The summed E-state index contributed by atoms with van der Waals surface area (Å²) in [4.78, 5) is 11.1. The van der Waals surface area contributed by atoms with E-state index in [1.54, 1.807) is 6.33 Å². The molecular formula is C13H23N5. The SMILES string of the molecule is CC(C)c1c(NN)ncnc1N1CCCC1(C)C. The zero-order valence-electron chi connectivity index (χ0n) is 11.7. The van der Waals surface area contributed by atoms with Crippen molar-refractivity contribution in [1.29, 1.82) is 0 Å². The predicted molar refractivity (Wildman–Crippen MR) is 74.6 cm³/mol. The Morgan fingerprint density at radius 2 is 2.11 bits per heavy atom. The monoisotopic (exact) mass is 249 g/mol. The Bertz CT molecular complexity index is 427. The molecule has 1 aliphatic rings. The highest BCUT2D eigenvalue weighted by Gasteiger charge is 2.35. The van der Waals surface area contributed by atoms with Crippen molar-refractivity contribution in [2.75, 3.05) is 16.9 Å². The van der Waals surface area contributed by atoms with Crippen LogP contribution in [0.1, 0.15) is 52.0 Å². The van der Waals surface area contributed by atoms with Gasteiger partial charge in [0.15, 0.2) is 0 Å². The van der Waals surface area contributed by atoms with Crippen molar-refractivity contribution in [2.24, 2.45) is 5.84 Å². The number of nitrogen functional groups attached to an aromatic ring is 1. The van der Waals surface area contributed by atoms with Gasteiger partial charge in [0, 0.05) is 17.6 Å². The number of nitrogens with one attached hydrogen (secondary N) is 1. The van der Waals surface area contributed by atoms with Crippen LogP contribution in [0.25, 0.3) is 0 Å². The van der Waals surface area contributed by atoms with Crippen LogP contribution in [-0.4, -0.2) is 22.1 Å². The molecule has 18 heavy (non-hydrogen) atoms. The first-order valence-corrected chi connectivity index (χ1v) is 6.56. The van der Waals surface area contributed by atoms with Crippen molar-refractivity contribution < 1.29 is 0 Å². The maximum Gasteiger partial charge on any atom is 0.148 e. The van der Waals surface area contributed by atoms with Gasteiger partial charge in [0.25, 0.3) is 0 Å². The normalized spacial score (nSPS) is 18.4. The number of hydrazine groups is 1. The first-order valence-electron chi connectivity index (χ1n) is 6.56. The van der Waals surface area contributed by atoms with E-state index in [2.05, 4.69) is 48.0 Å². The van der Waals surface area contributed by atoms with Gasteiger partial charge in [-0.1, -0.05) is 13.8 Å². The molecule has 1 aromatic heterocycles. The standard InChI is InChI=1S/C13H23N5/c1-9(2)10-11(17-14)15-8-16-12(10)18-7-5-6-13(18,3)4/h8-9H,5-7,14H2,1-4H3,(H,15,16,17). The fraction of sp³-hybridized carbons (Fsp3) is 0.692. The number of hydrogen-bond acceptors (Lipinski definition) is 5. The van der Waals surface area contributed by atoms with Gasteiger partial charge in [0.2, 0.25) is 0 Å². The molecule has 0 spiro atoms. The fourth-order valence-electron chi connectivity index (χ4n) is 2.75. The lowest BCUT2D eigenvalue weighted by Crippen LogP contribution is -2.39. The first kappa shape index (κ1) is 13.1. The van der Waals surface area contributed by atoms with Crippen molar-refractivity contribution >= 4 is 11.6 Å². The second kappa shape index (κ2) is 4.72. The van der Waals surface area contributed by atoms with Gasteiger partial charge in [0.05, 0.1) is 0 Å². The lowest BCUT2D eigenvalue weighted by atomic mass is 9.99. The number of hydrogen-bond donors (Lipinski definition) is 2. The molecule has 5 heteroatoms. The smallest absolute Gasteiger partial charge is 0.148 e. The van der Waals surface area contributed by atoms with Gasteiger partial charge in [-0.3, -0.25) is 0 Å². The number of nitrogens with two attached hydrogens (primary N) is 1. The highest BCUT2D eigenvalue weighted by Crippen LogP contribution is 2.38. The molecule has 1 aromatic rings. The number of anilines is 2. The summed E-state index contributed by atoms with van der Waals surface area (Å²) in [6, 6.07) is 0. The summed E-state index contributed by atoms with van der Waals surface area (Å²) in [7, 11) is 0. The highest BCUT2D eigenvalue weighted by molar-refractivity contribution is 5.61. The van der Waals surface area contributed by atoms with E-state index >= 15 is 0 Å². The van der Waals surface area contributed by atoms with E-state index in [9.17, 15) is 0 Å². The van der Waals surface area contributed by atoms with Gasteiger partial charge in [0.1, 0.15) is 18.0 Å². The number of nitrogens with zero attached hydrogens (tertiary/aromatic N) is 3. The van der Waals surface area contributed by atoms with Crippen molar-refractivity contribution in [2.45, 2.75) is 52.0 Å². The minimum atomic E-state index is 0.157. The van der Waals surface area contributed by atoms with Crippen molar-refractivity contribution in [3.05, 3.63) is 11.9 Å². The summed E-state index contributed by atoms with van der Waals surface area (Å²) in [6.45, 7) is 9.87. The second-order valence-electron chi connectivity index (χ2n) is 5.83. The van der Waals surface area contributed by atoms with Crippen molar-refractivity contribution in [3.63, 3.8) is 0 Å². The molecule has 1 aliphatic heterocycles. The molecule has 100 valence electrons. The average Bonchev–Trinajstić information content (AvgIpc) is 2.67. The Morgan fingerprint density at radius 3 is 2.61 bits per heavy atom. The molecule has 0 unspecified atom stereocenters. The molecule has 0 atom stereocenters. The van der Waals surface area contributed by atoms with Crippen LogP contribution in [0, 0.1) is 0 Å². The lowest BCUT2D eigenvalue weighted by Gasteiger charge is -2.34. The molecule has 5 nitrogen and oxygen atoms in total. The first-order chi connectivity index (χ1) is 8.47. The molecule has 3 N–H and O–H groups in total. The minimum absolute atomic E-state index is 0.157.